The zero-order valence-corrected chi connectivity index (χ0v) is 35.0. The number of amides is 2. The molecule has 3 aliphatic heterocycles. The van der Waals surface area contributed by atoms with Crippen LogP contribution in [0.3, 0.4) is 0 Å². The number of hydrogen-bond donors (Lipinski definition) is 5. The molecule has 1 aromatic heterocycles. The van der Waals surface area contributed by atoms with Crippen LogP contribution >= 0.6 is 0 Å². The van der Waals surface area contributed by atoms with Crippen LogP contribution in [0.1, 0.15) is 54.0 Å². The molecule has 2 bridgehead atoms. The highest BCUT2D eigenvalue weighted by atomic mass is 19.4. The van der Waals surface area contributed by atoms with Crippen molar-refractivity contribution in [3.8, 4) is 16.9 Å². The number of anilines is 2. The number of alkyl halides is 3. The van der Waals surface area contributed by atoms with Gasteiger partial charge in [0.2, 0.25) is 11.5 Å². The molecule has 3 aliphatic rings. The first kappa shape index (κ1) is 43.6. The van der Waals surface area contributed by atoms with E-state index < -0.39 is 35.7 Å². The Labute approximate surface area is 361 Å². The van der Waals surface area contributed by atoms with E-state index in [4.69, 9.17) is 9.47 Å². The molecule has 0 aliphatic carbocycles. The average Bonchev–Trinajstić information content (AvgIpc) is 4.01. The van der Waals surface area contributed by atoms with Crippen LogP contribution in [0.5, 0.6) is 5.75 Å². The zero-order valence-electron chi connectivity index (χ0n) is 35.0. The zero-order chi connectivity index (χ0) is 44.6. The molecule has 5 N–H and O–H groups in total. The summed E-state index contributed by atoms with van der Waals surface area (Å²) < 4.78 is 55.8. The van der Waals surface area contributed by atoms with Crippen molar-refractivity contribution in [3.63, 3.8) is 0 Å². The second-order valence-electron chi connectivity index (χ2n) is 17.0. The predicted octanol–water partition coefficient (Wildman–Crippen LogP) is 7.06. The highest BCUT2D eigenvalue weighted by Crippen LogP contribution is 2.51. The fourth-order valence-corrected chi connectivity index (χ4v) is 9.20. The monoisotopic (exact) mass is 868 g/mol. The maximum absolute atomic E-state index is 13.3. The number of halogens is 3. The molecule has 4 heterocycles. The van der Waals surface area contributed by atoms with Crippen molar-refractivity contribution in [1.82, 2.24) is 10.3 Å². The van der Waals surface area contributed by atoms with Gasteiger partial charge in [-0.25, -0.2) is 9.59 Å². The second kappa shape index (κ2) is 17.6. The SMILES string of the molecule is Cc1cc(CNC[C@H](O)c2ccc(OC(=O)C(F)(F)F)c3[nH]c(=O)ccc23)ccc1NC(=O)CCCc1ccc(-c2ccccc2)c(NC(=O)OC2C[C@@H]3[C@H]4O[C@H]4[C@H](C2)[N+]3(C)C)c1. The average molecular weight is 869 g/mol. The summed E-state index contributed by atoms with van der Waals surface area (Å²) in [5.74, 6) is -3.08. The van der Waals surface area contributed by atoms with Gasteiger partial charge in [0.1, 0.15) is 30.4 Å². The molecule has 2 amide bonds. The molecular weight excluding hydrogens is 820 g/mol. The molecule has 330 valence electrons. The Morgan fingerprint density at radius 3 is 2.35 bits per heavy atom. The summed E-state index contributed by atoms with van der Waals surface area (Å²) in [6, 6.07) is 26.9. The van der Waals surface area contributed by atoms with Crippen molar-refractivity contribution < 1.29 is 51.4 Å². The molecule has 6 atom stereocenters. The van der Waals surface area contributed by atoms with Crippen LogP contribution in [0.2, 0.25) is 0 Å². The number of aliphatic hydroxyl groups is 1. The Bertz CT molecular complexity index is 2580. The lowest BCUT2D eigenvalue weighted by Crippen LogP contribution is -2.60. The smallest absolute Gasteiger partial charge is 0.445 e. The first-order valence-corrected chi connectivity index (χ1v) is 20.9. The minimum Gasteiger partial charge on any atom is -0.445 e. The summed E-state index contributed by atoms with van der Waals surface area (Å²) in [5, 5.41) is 20.4. The van der Waals surface area contributed by atoms with E-state index in [0.717, 1.165) is 57.3 Å². The normalized spacial score (nSPS) is 21.3. The van der Waals surface area contributed by atoms with Crippen LogP contribution in [-0.2, 0) is 32.0 Å². The van der Waals surface area contributed by atoms with Crippen LogP contribution in [0.4, 0.5) is 29.3 Å². The number of rotatable bonds is 14. The van der Waals surface area contributed by atoms with Gasteiger partial charge in [0.05, 0.1) is 31.4 Å². The third kappa shape index (κ3) is 9.64. The summed E-state index contributed by atoms with van der Waals surface area (Å²) in [6.07, 6.45) is -3.53. The van der Waals surface area contributed by atoms with Crippen molar-refractivity contribution in [2.24, 2.45) is 0 Å². The number of aromatic amines is 1. The van der Waals surface area contributed by atoms with Gasteiger partial charge in [-0.05, 0) is 71.8 Å². The fraction of sp³-hybridized carbons (Fsp3) is 0.362. The van der Waals surface area contributed by atoms with Gasteiger partial charge < -0.3 is 39.4 Å². The number of fused-ring (bicyclic) bond motifs is 6. The number of carbonyl (C=O) groups is 3. The molecule has 0 saturated carbocycles. The standard InChI is InChI=1S/C47H48F3N5O8/c1-26-20-28(24-51-25-38(56)32-15-18-39(62-45(59)47(48,49)50)42-33(32)16-19-41(58)54-42)13-17-34(26)52-40(57)11-7-8-27-12-14-31(29-9-5-4-6-10-29)35(21-27)53-46(60)61-30-22-36-43-44(63-43)37(23-30)55(36,2)3/h4-6,9-10,12-21,30,36-38,43-44,51,56H,7-8,11,22-25H2,1-3H3,(H2-,52,53,54,57,58,60)/p+1/t30?,36-,37+,38-,43-,44+/m0/s1. The van der Waals surface area contributed by atoms with Gasteiger partial charge in [-0.2, -0.15) is 13.2 Å². The van der Waals surface area contributed by atoms with E-state index in [9.17, 15) is 37.5 Å². The van der Waals surface area contributed by atoms with Crippen molar-refractivity contribution in [1.29, 1.82) is 0 Å². The van der Waals surface area contributed by atoms with E-state index in [-0.39, 0.29) is 48.1 Å². The van der Waals surface area contributed by atoms with Crippen LogP contribution in [0, 0.1) is 6.92 Å². The Hall–Kier alpha value is -6.07. The number of morpholine rings is 1. The fourth-order valence-electron chi connectivity index (χ4n) is 9.20. The first-order chi connectivity index (χ1) is 30.0. The van der Waals surface area contributed by atoms with Crippen LogP contribution in [0.25, 0.3) is 22.0 Å². The number of quaternary nitrogens is 1. The molecule has 0 spiro atoms. The summed E-state index contributed by atoms with van der Waals surface area (Å²) in [4.78, 5) is 52.2. The number of aryl methyl sites for hydroxylation is 2. The number of pyridine rings is 1. The molecule has 3 saturated heterocycles. The largest absolute Gasteiger partial charge is 0.491 e. The number of nitrogens with one attached hydrogen (secondary N) is 4. The number of ether oxygens (including phenoxy) is 3. The number of carbonyl (C=O) groups excluding carboxylic acids is 3. The predicted molar refractivity (Wildman–Crippen MR) is 229 cm³/mol. The lowest BCUT2D eigenvalue weighted by atomic mass is 9.96. The number of benzene rings is 4. The molecule has 5 aromatic rings. The number of aliphatic hydroxyl groups excluding tert-OH is 1. The maximum atomic E-state index is 13.3. The van der Waals surface area contributed by atoms with Gasteiger partial charge in [-0.15, -0.1) is 0 Å². The summed E-state index contributed by atoms with van der Waals surface area (Å²) in [7, 11) is 4.48. The first-order valence-electron chi connectivity index (χ1n) is 20.9. The van der Waals surface area contributed by atoms with E-state index in [2.05, 4.69) is 39.8 Å². The van der Waals surface area contributed by atoms with Gasteiger partial charge in [-0.3, -0.25) is 14.9 Å². The molecule has 0 radical (unpaired) electrons. The molecule has 8 rings (SSSR count). The molecule has 63 heavy (non-hydrogen) atoms. The number of H-pyrrole nitrogens is 1. The van der Waals surface area contributed by atoms with E-state index >= 15 is 0 Å². The van der Waals surface area contributed by atoms with Gasteiger partial charge in [0.15, 0.2) is 5.75 Å². The maximum Gasteiger partial charge on any atom is 0.491 e. The van der Waals surface area contributed by atoms with Crippen molar-refractivity contribution >= 4 is 40.2 Å². The molecule has 3 fully saturated rings. The van der Waals surface area contributed by atoms with Gasteiger partial charge >= 0.3 is 18.2 Å². The quantitative estimate of drug-likeness (QED) is 0.0339. The van der Waals surface area contributed by atoms with Crippen molar-refractivity contribution in [2.75, 3.05) is 31.3 Å². The number of epoxide rings is 1. The highest BCUT2D eigenvalue weighted by Gasteiger charge is 2.70. The van der Waals surface area contributed by atoms with Gasteiger partial charge in [-0.1, -0.05) is 60.7 Å². The summed E-state index contributed by atoms with van der Waals surface area (Å²) in [6.45, 7) is 2.26. The Balaban J connectivity index is 0.828. The third-order valence-electron chi connectivity index (χ3n) is 12.5. The number of aromatic nitrogens is 1. The lowest BCUT2D eigenvalue weighted by molar-refractivity contribution is -0.938. The molecule has 16 heteroatoms. The Morgan fingerprint density at radius 2 is 1.63 bits per heavy atom. The van der Waals surface area contributed by atoms with Gasteiger partial charge in [0, 0.05) is 55.1 Å². The van der Waals surface area contributed by atoms with Crippen LogP contribution < -0.4 is 26.2 Å². The molecule has 13 nitrogen and oxygen atoms in total. The van der Waals surface area contributed by atoms with E-state index in [1.165, 1.54) is 12.1 Å². The second-order valence-corrected chi connectivity index (χ2v) is 17.0. The molecular formula is C47H49F3N5O8+. The van der Waals surface area contributed by atoms with E-state index in [0.29, 0.717) is 48.4 Å². The number of hydrogen-bond acceptors (Lipinski definition) is 9. The van der Waals surface area contributed by atoms with Crippen molar-refractivity contribution in [3.05, 3.63) is 124 Å². The van der Waals surface area contributed by atoms with E-state index in [1.54, 1.807) is 6.07 Å². The topological polar surface area (TPSA) is 171 Å². The third-order valence-corrected chi connectivity index (χ3v) is 12.5. The van der Waals surface area contributed by atoms with Crippen molar-refractivity contribution in [2.45, 2.75) is 88.2 Å². The summed E-state index contributed by atoms with van der Waals surface area (Å²) >= 11 is 0. The minimum absolute atomic E-state index is 0.0419. The lowest BCUT2D eigenvalue weighted by Gasteiger charge is -2.45. The number of esters is 1. The number of likely N-dealkylation sites (N-methyl/N-ethyl adjacent to an activating group) is 1. The Morgan fingerprint density at radius 1 is 0.905 bits per heavy atom. The highest BCUT2D eigenvalue weighted by molar-refractivity contribution is 5.93. The van der Waals surface area contributed by atoms with Gasteiger partial charge in [0.25, 0.3) is 0 Å². The summed E-state index contributed by atoms with van der Waals surface area (Å²) in [5.41, 5.74) is 5.31. The number of piperidine rings is 1. The molecule has 1 unspecified atom stereocenters. The number of nitrogens with zero attached hydrogens (tertiary/aromatic N) is 1. The van der Waals surface area contributed by atoms with E-state index in [1.807, 2.05) is 67.6 Å². The Kier molecular flexibility index (Phi) is 12.2. The molecule has 4 aromatic carbocycles. The van der Waals surface area contributed by atoms with Crippen LogP contribution in [0.15, 0.2) is 95.8 Å². The minimum atomic E-state index is -5.24. The van der Waals surface area contributed by atoms with Crippen LogP contribution in [-0.4, -0.2) is 89.8 Å².